The van der Waals surface area contributed by atoms with Crippen molar-refractivity contribution in [3.8, 4) is 0 Å². The standard InChI is InChI=1S/C19H17ClN4O2/c1-12(25)21-17-4-2-3-13-10-23(8-7-16(13)17)19(26)18-9-15-6-5-14(20)11-24(15)22-18/h2-6,9,11H,7-8,10H2,1H3,(H,21,25). The molecule has 0 saturated heterocycles. The van der Waals surface area contributed by atoms with Crippen molar-refractivity contribution in [2.24, 2.45) is 0 Å². The first-order valence-corrected chi connectivity index (χ1v) is 8.71. The molecule has 2 amide bonds. The first-order chi connectivity index (χ1) is 12.5. The smallest absolute Gasteiger partial charge is 0.274 e. The number of aromatic nitrogens is 2. The molecule has 6 nitrogen and oxygen atoms in total. The highest BCUT2D eigenvalue weighted by molar-refractivity contribution is 6.30. The summed E-state index contributed by atoms with van der Waals surface area (Å²) in [5, 5.41) is 7.77. The van der Waals surface area contributed by atoms with Crippen molar-refractivity contribution in [3.05, 3.63) is 64.4 Å². The average molecular weight is 369 g/mol. The number of nitrogens with zero attached hydrogens (tertiary/aromatic N) is 3. The molecule has 0 fully saturated rings. The fourth-order valence-electron chi connectivity index (χ4n) is 3.32. The summed E-state index contributed by atoms with van der Waals surface area (Å²) in [4.78, 5) is 26.0. The van der Waals surface area contributed by atoms with Crippen LogP contribution in [-0.2, 0) is 17.8 Å². The summed E-state index contributed by atoms with van der Waals surface area (Å²) in [6, 6.07) is 11.1. The topological polar surface area (TPSA) is 66.7 Å². The van der Waals surface area contributed by atoms with E-state index in [0.717, 1.165) is 22.3 Å². The number of carbonyl (C=O) groups is 2. The molecule has 3 heterocycles. The van der Waals surface area contributed by atoms with Gasteiger partial charge in [0.1, 0.15) is 0 Å². The van der Waals surface area contributed by atoms with Crippen LogP contribution in [0.3, 0.4) is 0 Å². The summed E-state index contributed by atoms with van der Waals surface area (Å²) in [6.45, 7) is 2.57. The molecule has 3 aromatic rings. The van der Waals surface area contributed by atoms with Gasteiger partial charge < -0.3 is 10.2 Å². The second-order valence-electron chi connectivity index (χ2n) is 6.35. The number of hydrogen-bond acceptors (Lipinski definition) is 3. The van der Waals surface area contributed by atoms with Crippen LogP contribution < -0.4 is 5.32 Å². The highest BCUT2D eigenvalue weighted by atomic mass is 35.5. The van der Waals surface area contributed by atoms with E-state index < -0.39 is 0 Å². The molecule has 0 unspecified atom stereocenters. The number of rotatable bonds is 2. The van der Waals surface area contributed by atoms with Gasteiger partial charge in [-0.2, -0.15) is 5.10 Å². The van der Waals surface area contributed by atoms with E-state index in [1.54, 1.807) is 27.7 Å². The van der Waals surface area contributed by atoms with E-state index in [4.69, 9.17) is 11.6 Å². The fourth-order valence-corrected chi connectivity index (χ4v) is 3.47. The quantitative estimate of drug-likeness (QED) is 0.755. The molecule has 1 aromatic carbocycles. The predicted molar refractivity (Wildman–Crippen MR) is 99.4 cm³/mol. The highest BCUT2D eigenvalue weighted by Crippen LogP contribution is 2.27. The zero-order valence-corrected chi connectivity index (χ0v) is 15.0. The first kappa shape index (κ1) is 16.6. The van der Waals surface area contributed by atoms with Crippen LogP contribution in [0.15, 0.2) is 42.6 Å². The third-order valence-corrected chi connectivity index (χ3v) is 4.73. The van der Waals surface area contributed by atoms with E-state index in [1.807, 2.05) is 24.3 Å². The minimum atomic E-state index is -0.111. The molecule has 0 aliphatic carbocycles. The number of carbonyl (C=O) groups excluding carboxylic acids is 2. The fraction of sp³-hybridized carbons (Fsp3) is 0.211. The number of amides is 2. The van der Waals surface area contributed by atoms with Gasteiger partial charge in [0.25, 0.3) is 5.91 Å². The number of fused-ring (bicyclic) bond motifs is 2. The van der Waals surface area contributed by atoms with Crippen molar-refractivity contribution in [1.82, 2.24) is 14.5 Å². The van der Waals surface area contributed by atoms with Crippen molar-refractivity contribution in [3.63, 3.8) is 0 Å². The zero-order chi connectivity index (χ0) is 18.3. The van der Waals surface area contributed by atoms with Crippen LogP contribution in [0.5, 0.6) is 0 Å². The molecule has 0 atom stereocenters. The van der Waals surface area contributed by atoms with Crippen LogP contribution in [0.4, 0.5) is 5.69 Å². The van der Waals surface area contributed by atoms with Crippen LogP contribution >= 0.6 is 11.6 Å². The first-order valence-electron chi connectivity index (χ1n) is 8.34. The van der Waals surface area contributed by atoms with Crippen LogP contribution in [0, 0.1) is 0 Å². The lowest BCUT2D eigenvalue weighted by molar-refractivity contribution is -0.114. The lowest BCUT2D eigenvalue weighted by atomic mass is 9.97. The van der Waals surface area contributed by atoms with Crippen molar-refractivity contribution < 1.29 is 9.59 Å². The molecule has 0 bridgehead atoms. The Morgan fingerprint density at radius 1 is 1.23 bits per heavy atom. The van der Waals surface area contributed by atoms with Gasteiger partial charge in [-0.25, -0.2) is 4.52 Å². The minimum absolute atomic E-state index is 0.0970. The van der Waals surface area contributed by atoms with Gasteiger partial charge in [-0.15, -0.1) is 0 Å². The molecule has 2 aromatic heterocycles. The molecule has 1 aliphatic heterocycles. The SMILES string of the molecule is CC(=O)Nc1cccc2c1CCN(C(=O)c1cc3ccc(Cl)cn3n1)C2. The Hall–Kier alpha value is -2.86. The Morgan fingerprint density at radius 2 is 2.08 bits per heavy atom. The van der Waals surface area contributed by atoms with Gasteiger partial charge in [0, 0.05) is 31.9 Å². The van der Waals surface area contributed by atoms with Gasteiger partial charge in [0.2, 0.25) is 5.91 Å². The molecule has 1 N–H and O–H groups in total. The summed E-state index contributed by atoms with van der Waals surface area (Å²) in [6.07, 6.45) is 2.37. The Kier molecular flexibility index (Phi) is 4.12. The summed E-state index contributed by atoms with van der Waals surface area (Å²) >= 11 is 5.98. The maximum Gasteiger partial charge on any atom is 0.274 e. The van der Waals surface area contributed by atoms with E-state index in [2.05, 4.69) is 10.4 Å². The van der Waals surface area contributed by atoms with E-state index >= 15 is 0 Å². The Morgan fingerprint density at radius 3 is 2.88 bits per heavy atom. The molecular formula is C19H17ClN4O2. The largest absolute Gasteiger partial charge is 0.333 e. The number of nitrogens with one attached hydrogen (secondary N) is 1. The van der Waals surface area contributed by atoms with Crippen molar-refractivity contribution in [2.45, 2.75) is 19.9 Å². The Balaban J connectivity index is 1.59. The van der Waals surface area contributed by atoms with E-state index in [0.29, 0.717) is 30.2 Å². The normalized spacial score (nSPS) is 13.5. The number of benzene rings is 1. The monoisotopic (exact) mass is 368 g/mol. The maximum absolute atomic E-state index is 12.9. The van der Waals surface area contributed by atoms with Gasteiger partial charge in [-0.05, 0) is 41.8 Å². The Labute approximate surface area is 155 Å². The lowest BCUT2D eigenvalue weighted by Gasteiger charge is -2.29. The number of anilines is 1. The van der Waals surface area contributed by atoms with E-state index in [9.17, 15) is 9.59 Å². The van der Waals surface area contributed by atoms with Crippen LogP contribution in [-0.4, -0.2) is 32.9 Å². The molecule has 26 heavy (non-hydrogen) atoms. The van der Waals surface area contributed by atoms with Crippen molar-refractivity contribution in [2.75, 3.05) is 11.9 Å². The average Bonchev–Trinajstić information content (AvgIpc) is 3.03. The number of hydrogen-bond donors (Lipinski definition) is 1. The second-order valence-corrected chi connectivity index (χ2v) is 6.78. The van der Waals surface area contributed by atoms with Gasteiger partial charge in [0.15, 0.2) is 5.69 Å². The second kappa shape index (κ2) is 6.46. The van der Waals surface area contributed by atoms with Crippen LogP contribution in [0.2, 0.25) is 5.02 Å². The molecular weight excluding hydrogens is 352 g/mol. The summed E-state index contributed by atoms with van der Waals surface area (Å²) in [5.74, 6) is -0.208. The lowest BCUT2D eigenvalue weighted by Crippen LogP contribution is -2.36. The molecule has 132 valence electrons. The number of pyridine rings is 1. The summed E-state index contributed by atoms with van der Waals surface area (Å²) < 4.78 is 1.61. The van der Waals surface area contributed by atoms with E-state index in [1.165, 1.54) is 6.92 Å². The van der Waals surface area contributed by atoms with Crippen LogP contribution in [0.25, 0.3) is 5.52 Å². The Bertz CT molecular complexity index is 1030. The molecule has 0 saturated carbocycles. The summed E-state index contributed by atoms with van der Waals surface area (Å²) in [7, 11) is 0. The minimum Gasteiger partial charge on any atom is -0.333 e. The summed E-state index contributed by atoms with van der Waals surface area (Å²) in [5.41, 5.74) is 4.18. The van der Waals surface area contributed by atoms with Gasteiger partial charge in [0.05, 0.1) is 10.5 Å². The van der Waals surface area contributed by atoms with E-state index in [-0.39, 0.29) is 11.8 Å². The maximum atomic E-state index is 12.9. The number of halogens is 1. The molecule has 1 aliphatic rings. The molecule has 7 heteroatoms. The predicted octanol–water partition coefficient (Wildman–Crippen LogP) is 3.14. The van der Waals surface area contributed by atoms with Crippen molar-refractivity contribution in [1.29, 1.82) is 0 Å². The highest BCUT2D eigenvalue weighted by Gasteiger charge is 2.25. The molecule has 4 rings (SSSR count). The third kappa shape index (κ3) is 3.04. The molecule has 0 radical (unpaired) electrons. The van der Waals surface area contributed by atoms with Gasteiger partial charge >= 0.3 is 0 Å². The third-order valence-electron chi connectivity index (χ3n) is 4.51. The molecule has 0 spiro atoms. The van der Waals surface area contributed by atoms with Crippen LogP contribution in [0.1, 0.15) is 28.5 Å². The van der Waals surface area contributed by atoms with Gasteiger partial charge in [-0.1, -0.05) is 23.7 Å². The van der Waals surface area contributed by atoms with Gasteiger partial charge in [-0.3, -0.25) is 9.59 Å². The zero-order valence-electron chi connectivity index (χ0n) is 14.2. The van der Waals surface area contributed by atoms with Crippen molar-refractivity contribution >= 4 is 34.6 Å².